The average molecular weight is 287 g/mol. The highest BCUT2D eigenvalue weighted by Gasteiger charge is 2.48. The summed E-state index contributed by atoms with van der Waals surface area (Å²) in [7, 11) is 1.42. The number of piperidine rings is 1. The van der Waals surface area contributed by atoms with E-state index < -0.39 is 23.5 Å². The topological polar surface area (TPSA) is 89.5 Å². The lowest BCUT2D eigenvalue weighted by Gasteiger charge is -2.24. The number of benzene rings is 1. The Morgan fingerprint density at radius 1 is 1.14 bits per heavy atom. The third-order valence-corrected chi connectivity index (χ3v) is 4.01. The molecule has 1 saturated heterocycles. The molecule has 2 aliphatic rings. The number of fused-ring (bicyclic) bond motifs is 1. The van der Waals surface area contributed by atoms with Crippen molar-refractivity contribution >= 4 is 23.4 Å². The van der Waals surface area contributed by atoms with Crippen molar-refractivity contribution < 1.29 is 23.9 Å². The number of ketones is 2. The Morgan fingerprint density at radius 3 is 2.57 bits per heavy atom. The second-order valence-corrected chi connectivity index (χ2v) is 5.15. The molecule has 1 N–H and O–H groups in total. The van der Waals surface area contributed by atoms with Crippen LogP contribution in [-0.2, 0) is 9.59 Å². The molecule has 21 heavy (non-hydrogen) atoms. The van der Waals surface area contributed by atoms with E-state index in [9.17, 15) is 19.2 Å². The summed E-state index contributed by atoms with van der Waals surface area (Å²) in [5.41, 5.74) is 0.522. The zero-order valence-electron chi connectivity index (χ0n) is 11.3. The van der Waals surface area contributed by atoms with Crippen LogP contribution >= 0.6 is 0 Å². The molecule has 2 atom stereocenters. The largest absolute Gasteiger partial charge is 0.496 e. The molecule has 0 radical (unpaired) electrons. The van der Waals surface area contributed by atoms with Gasteiger partial charge in [0.05, 0.1) is 24.5 Å². The molecule has 1 heterocycles. The minimum absolute atomic E-state index is 0.140. The molecule has 0 spiro atoms. The summed E-state index contributed by atoms with van der Waals surface area (Å²) in [6.07, 6.45) is 0.351. The maximum atomic E-state index is 12.5. The highest BCUT2D eigenvalue weighted by molar-refractivity contribution is 6.29. The van der Waals surface area contributed by atoms with E-state index in [4.69, 9.17) is 4.74 Å². The molecule has 1 aromatic rings. The van der Waals surface area contributed by atoms with Gasteiger partial charge in [-0.15, -0.1) is 0 Å². The second kappa shape index (κ2) is 4.80. The first-order valence-corrected chi connectivity index (χ1v) is 6.63. The van der Waals surface area contributed by atoms with Gasteiger partial charge < -0.3 is 4.74 Å². The van der Waals surface area contributed by atoms with Crippen LogP contribution in [0.1, 0.15) is 33.6 Å². The Labute approximate surface area is 120 Å². The molecular weight excluding hydrogens is 274 g/mol. The minimum atomic E-state index is -1.05. The number of carbonyl (C=O) groups excluding carboxylic acids is 4. The summed E-state index contributed by atoms with van der Waals surface area (Å²) in [6.45, 7) is 0. The maximum absolute atomic E-state index is 12.5. The molecule has 0 saturated carbocycles. The van der Waals surface area contributed by atoms with Crippen LogP contribution < -0.4 is 10.1 Å². The van der Waals surface area contributed by atoms with Gasteiger partial charge in [0.2, 0.25) is 11.8 Å². The van der Waals surface area contributed by atoms with Crippen molar-refractivity contribution in [3.8, 4) is 5.75 Å². The van der Waals surface area contributed by atoms with Gasteiger partial charge in [0.1, 0.15) is 5.75 Å². The Morgan fingerprint density at radius 2 is 1.90 bits per heavy atom. The van der Waals surface area contributed by atoms with E-state index >= 15 is 0 Å². The number of ether oxygens (including phenoxy) is 1. The summed E-state index contributed by atoms with van der Waals surface area (Å²) in [5, 5.41) is 2.19. The summed E-state index contributed by atoms with van der Waals surface area (Å²) in [5.74, 6) is -3.20. The zero-order chi connectivity index (χ0) is 15.1. The minimum Gasteiger partial charge on any atom is -0.496 e. The van der Waals surface area contributed by atoms with Gasteiger partial charge in [-0.1, -0.05) is 12.1 Å². The van der Waals surface area contributed by atoms with Gasteiger partial charge >= 0.3 is 0 Å². The number of methoxy groups -OCH3 is 1. The van der Waals surface area contributed by atoms with Gasteiger partial charge in [0.15, 0.2) is 11.6 Å². The highest BCUT2D eigenvalue weighted by atomic mass is 16.5. The fourth-order valence-electron chi connectivity index (χ4n) is 3.00. The molecule has 2 amide bonds. The Balaban J connectivity index is 2.00. The lowest BCUT2D eigenvalue weighted by atomic mass is 9.82. The number of imide groups is 1. The fraction of sp³-hybridized carbons (Fsp3) is 0.333. The van der Waals surface area contributed by atoms with Crippen LogP contribution in [-0.4, -0.2) is 30.5 Å². The predicted molar refractivity (Wildman–Crippen MR) is 71.0 cm³/mol. The van der Waals surface area contributed by atoms with Crippen LogP contribution in [0, 0.1) is 11.8 Å². The van der Waals surface area contributed by atoms with Crippen molar-refractivity contribution in [2.24, 2.45) is 11.8 Å². The van der Waals surface area contributed by atoms with E-state index in [0.29, 0.717) is 5.75 Å². The first-order valence-electron chi connectivity index (χ1n) is 6.63. The van der Waals surface area contributed by atoms with Crippen molar-refractivity contribution in [1.82, 2.24) is 5.32 Å². The van der Waals surface area contributed by atoms with E-state index in [1.807, 2.05) is 0 Å². The number of hydrogen-bond donors (Lipinski definition) is 1. The van der Waals surface area contributed by atoms with Crippen molar-refractivity contribution in [1.29, 1.82) is 0 Å². The SMILES string of the molecule is COc1cccc2c1C(=O)C(C1CCC(=O)NC1=O)C2=O. The van der Waals surface area contributed by atoms with Crippen LogP contribution in [0.25, 0.3) is 0 Å². The lowest BCUT2D eigenvalue weighted by Crippen LogP contribution is -2.46. The van der Waals surface area contributed by atoms with Gasteiger partial charge in [-0.2, -0.15) is 0 Å². The van der Waals surface area contributed by atoms with E-state index in [1.165, 1.54) is 7.11 Å². The molecule has 0 aromatic heterocycles. The third kappa shape index (κ3) is 1.94. The van der Waals surface area contributed by atoms with Gasteiger partial charge in [0, 0.05) is 12.0 Å². The van der Waals surface area contributed by atoms with E-state index in [-0.39, 0.29) is 35.7 Å². The number of rotatable bonds is 2. The standard InChI is InChI=1S/C15H13NO5/c1-21-9-4-2-3-7-11(9)14(19)12(13(7)18)8-5-6-10(17)16-15(8)20/h2-4,8,12H,5-6H2,1H3,(H,16,17,20). The quantitative estimate of drug-likeness (QED) is 0.640. The Bertz CT molecular complexity index is 679. The van der Waals surface area contributed by atoms with Crippen LogP contribution in [0.4, 0.5) is 0 Å². The van der Waals surface area contributed by atoms with Crippen LogP contribution in [0.2, 0.25) is 0 Å². The normalized spacial score (nSPS) is 24.8. The molecule has 2 unspecified atom stereocenters. The molecule has 1 fully saturated rings. The second-order valence-electron chi connectivity index (χ2n) is 5.15. The Hall–Kier alpha value is -2.50. The number of amides is 2. The highest BCUT2D eigenvalue weighted by Crippen LogP contribution is 2.38. The van der Waals surface area contributed by atoms with Gasteiger partial charge in [0.25, 0.3) is 0 Å². The van der Waals surface area contributed by atoms with Gasteiger partial charge in [-0.05, 0) is 12.5 Å². The fourth-order valence-corrected chi connectivity index (χ4v) is 3.00. The van der Waals surface area contributed by atoms with Gasteiger partial charge in [-0.3, -0.25) is 24.5 Å². The number of carbonyl (C=O) groups is 4. The predicted octanol–water partition coefficient (Wildman–Crippen LogP) is 0.743. The van der Waals surface area contributed by atoms with Crippen molar-refractivity contribution in [2.45, 2.75) is 12.8 Å². The molecule has 6 heteroatoms. The van der Waals surface area contributed by atoms with E-state index in [1.54, 1.807) is 18.2 Å². The van der Waals surface area contributed by atoms with Crippen LogP contribution in [0.5, 0.6) is 5.75 Å². The molecule has 1 aromatic carbocycles. The summed E-state index contributed by atoms with van der Waals surface area (Å²) < 4.78 is 5.13. The number of nitrogens with one attached hydrogen (secondary N) is 1. The monoisotopic (exact) mass is 287 g/mol. The maximum Gasteiger partial charge on any atom is 0.230 e. The first kappa shape index (κ1) is 13.5. The van der Waals surface area contributed by atoms with Crippen LogP contribution in [0.15, 0.2) is 18.2 Å². The lowest BCUT2D eigenvalue weighted by molar-refractivity contribution is -0.137. The van der Waals surface area contributed by atoms with Crippen molar-refractivity contribution in [3.05, 3.63) is 29.3 Å². The first-order chi connectivity index (χ1) is 10.0. The molecule has 1 aliphatic heterocycles. The molecule has 108 valence electrons. The number of hydrogen-bond acceptors (Lipinski definition) is 5. The van der Waals surface area contributed by atoms with Crippen molar-refractivity contribution in [3.63, 3.8) is 0 Å². The smallest absolute Gasteiger partial charge is 0.230 e. The third-order valence-electron chi connectivity index (χ3n) is 4.01. The zero-order valence-corrected chi connectivity index (χ0v) is 11.3. The van der Waals surface area contributed by atoms with E-state index in [0.717, 1.165) is 0 Å². The average Bonchev–Trinajstić information content (AvgIpc) is 2.72. The van der Waals surface area contributed by atoms with E-state index in [2.05, 4.69) is 5.32 Å². The van der Waals surface area contributed by atoms with Gasteiger partial charge in [-0.25, -0.2) is 0 Å². The molecule has 6 nitrogen and oxygen atoms in total. The van der Waals surface area contributed by atoms with Crippen molar-refractivity contribution in [2.75, 3.05) is 7.11 Å². The molecule has 3 rings (SSSR count). The summed E-state index contributed by atoms with van der Waals surface area (Å²) in [4.78, 5) is 48.1. The molecule has 0 bridgehead atoms. The van der Waals surface area contributed by atoms with Crippen LogP contribution in [0.3, 0.4) is 0 Å². The molecular formula is C15H13NO5. The summed E-state index contributed by atoms with van der Waals surface area (Å²) >= 11 is 0. The molecule has 1 aliphatic carbocycles. The summed E-state index contributed by atoms with van der Waals surface area (Å²) in [6, 6.07) is 4.80. The number of Topliss-reactive ketones (excluding diaryl/α,β-unsaturated/α-hetero) is 2. The Kier molecular flexibility index (Phi) is 3.08.